The maximum absolute atomic E-state index is 8.68. The van der Waals surface area contributed by atoms with Crippen molar-refractivity contribution in [3.8, 4) is 0 Å². The van der Waals surface area contributed by atoms with E-state index in [0.29, 0.717) is 12.3 Å². The van der Waals surface area contributed by atoms with Crippen molar-refractivity contribution >= 4 is 0 Å². The molecule has 12 heavy (non-hydrogen) atoms. The van der Waals surface area contributed by atoms with Crippen molar-refractivity contribution in [1.82, 2.24) is 0 Å². The SMILES string of the molecule is CCCCCCC(C)CC(O)O. The van der Waals surface area contributed by atoms with Crippen LogP contribution in [-0.4, -0.2) is 16.5 Å². The Morgan fingerprint density at radius 3 is 2.25 bits per heavy atom. The summed E-state index contributed by atoms with van der Waals surface area (Å²) >= 11 is 0. The summed E-state index contributed by atoms with van der Waals surface area (Å²) < 4.78 is 0. The summed E-state index contributed by atoms with van der Waals surface area (Å²) in [5.74, 6) is 0.446. The first-order valence-corrected chi connectivity index (χ1v) is 5.03. The molecule has 74 valence electrons. The zero-order valence-corrected chi connectivity index (χ0v) is 8.29. The number of unbranched alkanes of at least 4 members (excludes halogenated alkanes) is 3. The number of rotatable bonds is 7. The topological polar surface area (TPSA) is 40.5 Å². The van der Waals surface area contributed by atoms with E-state index in [1.807, 2.05) is 0 Å². The monoisotopic (exact) mass is 174 g/mol. The van der Waals surface area contributed by atoms with Gasteiger partial charge in [0.2, 0.25) is 0 Å². The highest BCUT2D eigenvalue weighted by molar-refractivity contribution is 4.54. The predicted molar refractivity (Wildman–Crippen MR) is 50.8 cm³/mol. The molecule has 0 aromatic heterocycles. The Hall–Kier alpha value is -0.0800. The van der Waals surface area contributed by atoms with Gasteiger partial charge in [-0.25, -0.2) is 0 Å². The van der Waals surface area contributed by atoms with Gasteiger partial charge in [-0.2, -0.15) is 0 Å². The van der Waals surface area contributed by atoms with E-state index in [4.69, 9.17) is 10.2 Å². The molecule has 0 aromatic rings. The van der Waals surface area contributed by atoms with Crippen LogP contribution in [0.2, 0.25) is 0 Å². The second-order valence-electron chi connectivity index (χ2n) is 3.67. The number of hydrogen-bond donors (Lipinski definition) is 2. The normalized spacial score (nSPS) is 13.8. The Morgan fingerprint density at radius 1 is 1.08 bits per heavy atom. The van der Waals surface area contributed by atoms with Crippen molar-refractivity contribution in [1.29, 1.82) is 0 Å². The lowest BCUT2D eigenvalue weighted by Gasteiger charge is -2.11. The second-order valence-corrected chi connectivity index (χ2v) is 3.67. The van der Waals surface area contributed by atoms with Crippen molar-refractivity contribution in [3.05, 3.63) is 0 Å². The molecule has 0 saturated heterocycles. The fraction of sp³-hybridized carbons (Fsp3) is 1.00. The van der Waals surface area contributed by atoms with Crippen molar-refractivity contribution in [2.75, 3.05) is 0 Å². The molecule has 0 aliphatic heterocycles. The van der Waals surface area contributed by atoms with Gasteiger partial charge >= 0.3 is 0 Å². The van der Waals surface area contributed by atoms with Crippen molar-refractivity contribution in [3.63, 3.8) is 0 Å². The third-order valence-electron chi connectivity index (χ3n) is 2.16. The zero-order valence-electron chi connectivity index (χ0n) is 8.29. The Morgan fingerprint density at radius 2 is 1.75 bits per heavy atom. The molecular formula is C10H22O2. The molecule has 0 heterocycles. The molecule has 1 atom stereocenters. The molecule has 0 amide bonds. The lowest BCUT2D eigenvalue weighted by atomic mass is 9.99. The van der Waals surface area contributed by atoms with E-state index in [0.717, 1.165) is 6.42 Å². The summed E-state index contributed by atoms with van der Waals surface area (Å²) in [5, 5.41) is 17.4. The fourth-order valence-electron chi connectivity index (χ4n) is 1.40. The summed E-state index contributed by atoms with van der Waals surface area (Å²) in [4.78, 5) is 0. The van der Waals surface area contributed by atoms with E-state index < -0.39 is 6.29 Å². The minimum absolute atomic E-state index is 0.446. The molecule has 0 fully saturated rings. The quantitative estimate of drug-likeness (QED) is 0.459. The van der Waals surface area contributed by atoms with Crippen LogP contribution in [0.15, 0.2) is 0 Å². The van der Waals surface area contributed by atoms with Crippen LogP contribution in [-0.2, 0) is 0 Å². The summed E-state index contributed by atoms with van der Waals surface area (Å²) in [7, 11) is 0. The molecule has 0 aromatic carbocycles. The Kier molecular flexibility index (Phi) is 7.51. The van der Waals surface area contributed by atoms with E-state index in [1.165, 1.54) is 25.7 Å². The van der Waals surface area contributed by atoms with Crippen LogP contribution in [0.25, 0.3) is 0 Å². The van der Waals surface area contributed by atoms with Crippen LogP contribution < -0.4 is 0 Å². The minimum atomic E-state index is -1.12. The maximum atomic E-state index is 8.68. The molecule has 2 nitrogen and oxygen atoms in total. The third-order valence-corrected chi connectivity index (χ3v) is 2.16. The van der Waals surface area contributed by atoms with E-state index in [9.17, 15) is 0 Å². The van der Waals surface area contributed by atoms with Crippen LogP contribution in [0.1, 0.15) is 52.4 Å². The van der Waals surface area contributed by atoms with E-state index in [2.05, 4.69) is 13.8 Å². The Balaban J connectivity index is 3.14. The van der Waals surface area contributed by atoms with Crippen molar-refractivity contribution in [2.24, 2.45) is 5.92 Å². The minimum Gasteiger partial charge on any atom is -0.368 e. The molecule has 0 aliphatic rings. The zero-order chi connectivity index (χ0) is 9.40. The molecule has 0 rings (SSSR count). The van der Waals surface area contributed by atoms with Gasteiger partial charge in [0, 0.05) is 6.42 Å². The van der Waals surface area contributed by atoms with Crippen LogP contribution in [0, 0.1) is 5.92 Å². The molecule has 0 spiro atoms. The van der Waals surface area contributed by atoms with Crippen LogP contribution in [0.5, 0.6) is 0 Å². The molecular weight excluding hydrogens is 152 g/mol. The molecule has 0 bridgehead atoms. The standard InChI is InChI=1S/C10H22O2/c1-3-4-5-6-7-9(2)8-10(11)12/h9-12H,3-8H2,1-2H3. The van der Waals surface area contributed by atoms with Gasteiger partial charge in [-0.1, -0.05) is 46.0 Å². The van der Waals surface area contributed by atoms with Gasteiger partial charge in [-0.15, -0.1) is 0 Å². The van der Waals surface area contributed by atoms with Gasteiger partial charge in [-0.05, 0) is 5.92 Å². The lowest BCUT2D eigenvalue weighted by Crippen LogP contribution is -2.10. The highest BCUT2D eigenvalue weighted by atomic mass is 16.5. The smallest absolute Gasteiger partial charge is 0.151 e. The first kappa shape index (κ1) is 11.9. The summed E-state index contributed by atoms with van der Waals surface area (Å²) in [6, 6.07) is 0. The fourth-order valence-corrected chi connectivity index (χ4v) is 1.40. The molecule has 0 aliphatic carbocycles. The van der Waals surface area contributed by atoms with Crippen LogP contribution in [0.4, 0.5) is 0 Å². The average Bonchev–Trinajstić information content (AvgIpc) is 1.97. The molecule has 0 saturated carbocycles. The van der Waals surface area contributed by atoms with Gasteiger partial charge in [0.25, 0.3) is 0 Å². The van der Waals surface area contributed by atoms with Crippen molar-refractivity contribution < 1.29 is 10.2 Å². The maximum Gasteiger partial charge on any atom is 0.151 e. The largest absolute Gasteiger partial charge is 0.368 e. The molecule has 2 N–H and O–H groups in total. The predicted octanol–water partition coefficient (Wildman–Crippen LogP) is 2.29. The van der Waals surface area contributed by atoms with Gasteiger partial charge in [0.1, 0.15) is 0 Å². The molecule has 1 unspecified atom stereocenters. The molecule has 0 radical (unpaired) electrons. The first-order valence-electron chi connectivity index (χ1n) is 5.03. The van der Waals surface area contributed by atoms with E-state index in [-0.39, 0.29) is 0 Å². The highest BCUT2D eigenvalue weighted by Gasteiger charge is 2.06. The summed E-state index contributed by atoms with van der Waals surface area (Å²) in [6.45, 7) is 4.27. The second kappa shape index (κ2) is 7.56. The van der Waals surface area contributed by atoms with Crippen LogP contribution in [0.3, 0.4) is 0 Å². The van der Waals surface area contributed by atoms with Gasteiger partial charge in [0.15, 0.2) is 6.29 Å². The van der Waals surface area contributed by atoms with Gasteiger partial charge in [0.05, 0.1) is 0 Å². The Labute approximate surface area is 75.6 Å². The van der Waals surface area contributed by atoms with Gasteiger partial charge in [-0.3, -0.25) is 0 Å². The van der Waals surface area contributed by atoms with E-state index in [1.54, 1.807) is 0 Å². The number of aliphatic hydroxyl groups is 2. The van der Waals surface area contributed by atoms with Gasteiger partial charge < -0.3 is 10.2 Å². The Bertz CT molecular complexity index is 91.8. The highest BCUT2D eigenvalue weighted by Crippen LogP contribution is 2.14. The average molecular weight is 174 g/mol. The summed E-state index contributed by atoms with van der Waals surface area (Å²) in [6.07, 6.45) is 5.59. The third kappa shape index (κ3) is 8.02. The van der Waals surface area contributed by atoms with Crippen LogP contribution >= 0.6 is 0 Å². The number of hydrogen-bond acceptors (Lipinski definition) is 2. The van der Waals surface area contributed by atoms with Crippen molar-refractivity contribution in [2.45, 2.75) is 58.7 Å². The lowest BCUT2D eigenvalue weighted by molar-refractivity contribution is -0.0551. The van der Waals surface area contributed by atoms with E-state index >= 15 is 0 Å². The summed E-state index contributed by atoms with van der Waals surface area (Å²) in [5.41, 5.74) is 0. The molecule has 2 heteroatoms. The first-order chi connectivity index (χ1) is 5.66. The number of aliphatic hydroxyl groups excluding tert-OH is 1.